The van der Waals surface area contributed by atoms with E-state index in [0.29, 0.717) is 29.9 Å². The van der Waals surface area contributed by atoms with Crippen molar-refractivity contribution in [2.45, 2.75) is 51.2 Å². The summed E-state index contributed by atoms with van der Waals surface area (Å²) in [5.74, 6) is 0.707. The first-order valence-corrected chi connectivity index (χ1v) is 10.7. The predicted molar refractivity (Wildman–Crippen MR) is 114 cm³/mol. The van der Waals surface area contributed by atoms with Crippen LogP contribution < -0.4 is 0 Å². The number of alkyl halides is 3. The van der Waals surface area contributed by atoms with Crippen LogP contribution in [0.2, 0.25) is 0 Å². The van der Waals surface area contributed by atoms with E-state index in [-0.39, 0.29) is 17.9 Å². The molecule has 4 rings (SSSR count). The Balaban J connectivity index is 1.50. The quantitative estimate of drug-likeness (QED) is 0.532. The maximum atomic E-state index is 13.1. The van der Waals surface area contributed by atoms with Gasteiger partial charge in [0.05, 0.1) is 22.5 Å². The van der Waals surface area contributed by atoms with Gasteiger partial charge in [-0.3, -0.25) is 4.79 Å². The second kappa shape index (κ2) is 8.36. The Morgan fingerprint density at radius 3 is 2.42 bits per heavy atom. The molecule has 164 valence electrons. The minimum absolute atomic E-state index is 0.114. The fraction of sp³-hybridized carbons (Fsp3) is 0.417. The molecule has 0 radical (unpaired) electrons. The van der Waals surface area contributed by atoms with Crippen LogP contribution in [-0.4, -0.2) is 33.4 Å². The fourth-order valence-corrected chi connectivity index (χ4v) is 4.66. The molecule has 1 amide bonds. The third-order valence-corrected chi connectivity index (χ3v) is 6.24. The summed E-state index contributed by atoms with van der Waals surface area (Å²) in [5, 5.41) is 0. The molecule has 2 heterocycles. The van der Waals surface area contributed by atoms with Crippen molar-refractivity contribution in [2.24, 2.45) is 0 Å². The first-order valence-electron chi connectivity index (χ1n) is 10.7. The average Bonchev–Trinajstić information content (AvgIpc) is 3.09. The number of rotatable bonds is 4. The number of carbonyl (C=O) groups excluding carboxylic acids is 1. The SMILES string of the molecule is CCC(C(=O)N1CCC(n2c(C)nc3cc(C(F)(F)F)ccc32)CC1)c1ccccc1. The normalized spacial score (nSPS) is 16.6. The van der Waals surface area contributed by atoms with E-state index in [2.05, 4.69) is 4.98 Å². The van der Waals surface area contributed by atoms with Gasteiger partial charge in [-0.25, -0.2) is 4.98 Å². The highest BCUT2D eigenvalue weighted by Crippen LogP contribution is 2.34. The van der Waals surface area contributed by atoms with Crippen molar-refractivity contribution >= 4 is 16.9 Å². The number of piperidine rings is 1. The Morgan fingerprint density at radius 2 is 1.81 bits per heavy atom. The van der Waals surface area contributed by atoms with Gasteiger partial charge in [-0.1, -0.05) is 37.3 Å². The minimum atomic E-state index is -4.38. The van der Waals surface area contributed by atoms with Gasteiger partial charge in [-0.05, 0) is 49.9 Å². The number of benzene rings is 2. The zero-order chi connectivity index (χ0) is 22.2. The topological polar surface area (TPSA) is 38.1 Å². The standard InChI is InChI=1S/C24H26F3N3O/c1-3-20(17-7-5-4-6-8-17)23(31)29-13-11-19(12-14-29)30-16(2)28-21-15-18(24(25,26)27)9-10-22(21)30/h4-10,15,19-20H,3,11-14H2,1-2H3. The Bertz CT molecular complexity index is 1070. The lowest BCUT2D eigenvalue weighted by atomic mass is 9.93. The van der Waals surface area contributed by atoms with Gasteiger partial charge in [0.25, 0.3) is 0 Å². The Morgan fingerprint density at radius 1 is 1.13 bits per heavy atom. The molecule has 1 unspecified atom stereocenters. The van der Waals surface area contributed by atoms with Gasteiger partial charge >= 0.3 is 6.18 Å². The summed E-state index contributed by atoms with van der Waals surface area (Å²) in [7, 11) is 0. The van der Waals surface area contributed by atoms with Gasteiger partial charge in [0, 0.05) is 19.1 Å². The van der Waals surface area contributed by atoms with E-state index < -0.39 is 11.7 Å². The Kier molecular flexibility index (Phi) is 5.77. The molecule has 0 aliphatic carbocycles. The molecule has 7 heteroatoms. The third kappa shape index (κ3) is 4.18. The van der Waals surface area contributed by atoms with Crippen LogP contribution in [0.25, 0.3) is 11.0 Å². The number of likely N-dealkylation sites (tertiary alicyclic amines) is 1. The summed E-state index contributed by atoms with van der Waals surface area (Å²) in [6, 6.07) is 13.7. The Hall–Kier alpha value is -2.83. The first kappa shape index (κ1) is 21.4. The molecular weight excluding hydrogens is 403 g/mol. The molecule has 0 bridgehead atoms. The van der Waals surface area contributed by atoms with E-state index in [1.807, 2.05) is 53.6 Å². The van der Waals surface area contributed by atoms with Crippen LogP contribution in [0.3, 0.4) is 0 Å². The molecule has 1 atom stereocenters. The van der Waals surface area contributed by atoms with Gasteiger partial charge in [0.2, 0.25) is 5.91 Å². The zero-order valence-corrected chi connectivity index (χ0v) is 17.7. The first-order chi connectivity index (χ1) is 14.8. The molecule has 1 aromatic heterocycles. The van der Waals surface area contributed by atoms with Crippen LogP contribution in [0.1, 0.15) is 55.1 Å². The number of fused-ring (bicyclic) bond motifs is 1. The number of amides is 1. The van der Waals surface area contributed by atoms with Crippen molar-refractivity contribution in [2.75, 3.05) is 13.1 Å². The lowest BCUT2D eigenvalue weighted by Gasteiger charge is -2.35. The molecule has 1 aliphatic rings. The maximum absolute atomic E-state index is 13.1. The summed E-state index contributed by atoms with van der Waals surface area (Å²) < 4.78 is 41.2. The van der Waals surface area contributed by atoms with Crippen molar-refractivity contribution in [1.82, 2.24) is 14.5 Å². The maximum Gasteiger partial charge on any atom is 0.416 e. The van der Waals surface area contributed by atoms with E-state index in [4.69, 9.17) is 0 Å². The van der Waals surface area contributed by atoms with E-state index in [0.717, 1.165) is 37.0 Å². The second-order valence-electron chi connectivity index (χ2n) is 8.16. The fourth-order valence-electron chi connectivity index (χ4n) is 4.66. The van der Waals surface area contributed by atoms with Crippen molar-refractivity contribution in [1.29, 1.82) is 0 Å². The Labute approximate surface area is 179 Å². The van der Waals surface area contributed by atoms with Crippen LogP contribution in [0.5, 0.6) is 0 Å². The molecule has 1 aliphatic heterocycles. The number of aryl methyl sites for hydroxylation is 1. The van der Waals surface area contributed by atoms with Gasteiger partial charge in [-0.2, -0.15) is 13.2 Å². The number of hydrogen-bond acceptors (Lipinski definition) is 2. The van der Waals surface area contributed by atoms with Crippen molar-refractivity contribution in [3.05, 3.63) is 65.5 Å². The molecule has 0 saturated carbocycles. The smallest absolute Gasteiger partial charge is 0.342 e. The summed E-state index contributed by atoms with van der Waals surface area (Å²) in [4.78, 5) is 19.4. The van der Waals surface area contributed by atoms with E-state index in [1.54, 1.807) is 0 Å². The monoisotopic (exact) mass is 429 g/mol. The van der Waals surface area contributed by atoms with Crippen LogP contribution in [0, 0.1) is 6.92 Å². The average molecular weight is 429 g/mol. The molecule has 31 heavy (non-hydrogen) atoms. The van der Waals surface area contributed by atoms with Gasteiger partial charge in [0.15, 0.2) is 0 Å². The molecule has 1 saturated heterocycles. The van der Waals surface area contributed by atoms with Crippen molar-refractivity contribution in [3.8, 4) is 0 Å². The third-order valence-electron chi connectivity index (χ3n) is 6.24. The summed E-state index contributed by atoms with van der Waals surface area (Å²) in [6.07, 6.45) is -2.13. The molecule has 0 spiro atoms. The van der Waals surface area contributed by atoms with Crippen molar-refractivity contribution in [3.63, 3.8) is 0 Å². The largest absolute Gasteiger partial charge is 0.416 e. The van der Waals surface area contributed by atoms with Gasteiger partial charge in [-0.15, -0.1) is 0 Å². The lowest BCUT2D eigenvalue weighted by molar-refractivity contribution is -0.137. The second-order valence-corrected chi connectivity index (χ2v) is 8.16. The van der Waals surface area contributed by atoms with Crippen molar-refractivity contribution < 1.29 is 18.0 Å². The molecule has 1 fully saturated rings. The summed E-state index contributed by atoms with van der Waals surface area (Å²) in [6.45, 7) is 5.12. The minimum Gasteiger partial charge on any atom is -0.342 e. The highest BCUT2D eigenvalue weighted by atomic mass is 19.4. The number of imidazole rings is 1. The summed E-state index contributed by atoms with van der Waals surface area (Å²) >= 11 is 0. The number of aromatic nitrogens is 2. The number of carbonyl (C=O) groups is 1. The number of halogens is 3. The number of nitrogens with zero attached hydrogens (tertiary/aromatic N) is 3. The van der Waals surface area contributed by atoms with Gasteiger partial charge in [0.1, 0.15) is 5.82 Å². The van der Waals surface area contributed by atoms with E-state index >= 15 is 0 Å². The van der Waals surface area contributed by atoms with Gasteiger partial charge < -0.3 is 9.47 Å². The summed E-state index contributed by atoms with van der Waals surface area (Å²) in [5.41, 5.74) is 1.43. The highest BCUT2D eigenvalue weighted by molar-refractivity contribution is 5.84. The molecular formula is C24H26F3N3O. The van der Waals surface area contributed by atoms with E-state index in [1.165, 1.54) is 6.07 Å². The highest BCUT2D eigenvalue weighted by Gasteiger charge is 2.32. The van der Waals surface area contributed by atoms with Crippen LogP contribution in [0.4, 0.5) is 13.2 Å². The molecule has 3 aromatic rings. The molecule has 2 aromatic carbocycles. The van der Waals surface area contributed by atoms with E-state index in [9.17, 15) is 18.0 Å². The number of hydrogen-bond donors (Lipinski definition) is 0. The van der Waals surface area contributed by atoms with Crippen LogP contribution >= 0.6 is 0 Å². The van der Waals surface area contributed by atoms with Crippen LogP contribution in [-0.2, 0) is 11.0 Å². The molecule has 4 nitrogen and oxygen atoms in total. The van der Waals surface area contributed by atoms with Crippen LogP contribution in [0.15, 0.2) is 48.5 Å². The molecule has 0 N–H and O–H groups in total. The zero-order valence-electron chi connectivity index (χ0n) is 17.7. The predicted octanol–water partition coefficient (Wildman–Crippen LogP) is 5.72. The lowest BCUT2D eigenvalue weighted by Crippen LogP contribution is -2.41.